The van der Waals surface area contributed by atoms with Crippen LogP contribution in [0, 0.1) is 0 Å². The standard InChI is InChI=1S/C18H22N2O/c1-2-20(14-15-8-4-3-5-9-15)18(21)13-12-16-10-6-7-11-17(16)19/h3-11H,2,12-14,19H2,1H3. The number of carbonyl (C=O) groups is 1. The Kier molecular flexibility index (Phi) is 5.38. The number of nitrogens with two attached hydrogens (primary N) is 1. The molecule has 3 heteroatoms. The van der Waals surface area contributed by atoms with E-state index in [1.54, 1.807) is 0 Å². The monoisotopic (exact) mass is 282 g/mol. The van der Waals surface area contributed by atoms with Gasteiger partial charge in [-0.2, -0.15) is 0 Å². The number of rotatable bonds is 6. The van der Waals surface area contributed by atoms with Gasteiger partial charge in [0, 0.05) is 25.2 Å². The van der Waals surface area contributed by atoms with Gasteiger partial charge in [0.05, 0.1) is 0 Å². The molecule has 2 N–H and O–H groups in total. The molecule has 3 nitrogen and oxygen atoms in total. The van der Waals surface area contributed by atoms with Crippen molar-refractivity contribution in [1.82, 2.24) is 4.90 Å². The molecule has 2 aromatic rings. The summed E-state index contributed by atoms with van der Waals surface area (Å²) in [6.45, 7) is 3.40. The maximum absolute atomic E-state index is 12.3. The third-order valence-electron chi connectivity index (χ3n) is 3.61. The Hall–Kier alpha value is -2.29. The first-order valence-electron chi connectivity index (χ1n) is 7.35. The number of para-hydroxylation sites is 1. The summed E-state index contributed by atoms with van der Waals surface area (Å²) in [7, 11) is 0. The zero-order chi connectivity index (χ0) is 15.1. The van der Waals surface area contributed by atoms with Gasteiger partial charge in [-0.25, -0.2) is 0 Å². The summed E-state index contributed by atoms with van der Waals surface area (Å²) in [5.41, 5.74) is 8.88. The summed E-state index contributed by atoms with van der Waals surface area (Å²) < 4.78 is 0. The Morgan fingerprint density at radius 2 is 1.71 bits per heavy atom. The summed E-state index contributed by atoms with van der Waals surface area (Å²) in [6.07, 6.45) is 1.19. The van der Waals surface area contributed by atoms with E-state index in [1.807, 2.05) is 66.4 Å². The van der Waals surface area contributed by atoms with E-state index in [9.17, 15) is 4.79 Å². The van der Waals surface area contributed by atoms with Gasteiger partial charge in [0.15, 0.2) is 0 Å². The molecule has 0 atom stereocenters. The number of nitrogens with zero attached hydrogens (tertiary/aromatic N) is 1. The lowest BCUT2D eigenvalue weighted by Gasteiger charge is -2.21. The number of nitrogen functional groups attached to an aromatic ring is 1. The molecular formula is C18H22N2O. The first-order chi connectivity index (χ1) is 10.2. The van der Waals surface area contributed by atoms with Gasteiger partial charge in [-0.05, 0) is 30.5 Å². The SMILES string of the molecule is CCN(Cc1ccccc1)C(=O)CCc1ccccc1N. The van der Waals surface area contributed by atoms with Gasteiger partial charge >= 0.3 is 0 Å². The van der Waals surface area contributed by atoms with Crippen LogP contribution in [0.5, 0.6) is 0 Å². The third kappa shape index (κ3) is 4.35. The minimum absolute atomic E-state index is 0.171. The van der Waals surface area contributed by atoms with Crippen molar-refractivity contribution in [1.29, 1.82) is 0 Å². The van der Waals surface area contributed by atoms with Crippen molar-refractivity contribution in [2.75, 3.05) is 12.3 Å². The van der Waals surface area contributed by atoms with Crippen LogP contribution in [0.4, 0.5) is 5.69 Å². The quantitative estimate of drug-likeness (QED) is 0.827. The van der Waals surface area contributed by atoms with Crippen molar-refractivity contribution >= 4 is 11.6 Å². The lowest BCUT2D eigenvalue weighted by molar-refractivity contribution is -0.131. The molecule has 0 aliphatic heterocycles. The second-order valence-electron chi connectivity index (χ2n) is 5.09. The number of aryl methyl sites for hydroxylation is 1. The van der Waals surface area contributed by atoms with Gasteiger partial charge in [-0.3, -0.25) is 4.79 Å². The highest BCUT2D eigenvalue weighted by atomic mass is 16.2. The second kappa shape index (κ2) is 7.48. The molecule has 0 heterocycles. The first-order valence-corrected chi connectivity index (χ1v) is 7.35. The minimum atomic E-state index is 0.171. The van der Waals surface area contributed by atoms with E-state index in [2.05, 4.69) is 0 Å². The molecule has 110 valence electrons. The maximum atomic E-state index is 12.3. The molecule has 2 aromatic carbocycles. The molecule has 0 bridgehead atoms. The van der Waals surface area contributed by atoms with Gasteiger partial charge in [-0.1, -0.05) is 48.5 Å². The van der Waals surface area contributed by atoms with Gasteiger partial charge in [0.25, 0.3) is 0 Å². The van der Waals surface area contributed by atoms with Crippen molar-refractivity contribution in [3.05, 3.63) is 65.7 Å². The molecule has 2 rings (SSSR count). The average molecular weight is 282 g/mol. The summed E-state index contributed by atoms with van der Waals surface area (Å²) in [6, 6.07) is 17.8. The van der Waals surface area contributed by atoms with Crippen molar-refractivity contribution in [3.63, 3.8) is 0 Å². The van der Waals surface area contributed by atoms with Crippen LogP contribution in [0.1, 0.15) is 24.5 Å². The molecule has 0 spiro atoms. The van der Waals surface area contributed by atoms with Crippen LogP contribution in [0.2, 0.25) is 0 Å². The summed E-state index contributed by atoms with van der Waals surface area (Å²) in [5, 5.41) is 0. The summed E-state index contributed by atoms with van der Waals surface area (Å²) in [5.74, 6) is 0.171. The number of hydrogen-bond acceptors (Lipinski definition) is 2. The van der Waals surface area contributed by atoms with E-state index in [0.717, 1.165) is 23.4 Å². The zero-order valence-electron chi connectivity index (χ0n) is 12.5. The maximum Gasteiger partial charge on any atom is 0.223 e. The molecule has 1 amide bonds. The molecule has 0 aliphatic rings. The predicted molar refractivity (Wildman–Crippen MR) is 86.7 cm³/mol. The topological polar surface area (TPSA) is 46.3 Å². The van der Waals surface area contributed by atoms with Crippen molar-refractivity contribution in [2.45, 2.75) is 26.3 Å². The largest absolute Gasteiger partial charge is 0.399 e. The van der Waals surface area contributed by atoms with E-state index in [0.29, 0.717) is 19.4 Å². The number of anilines is 1. The molecule has 0 saturated carbocycles. The number of carbonyl (C=O) groups excluding carboxylic acids is 1. The Morgan fingerprint density at radius 1 is 1.05 bits per heavy atom. The fourth-order valence-electron chi connectivity index (χ4n) is 2.34. The molecule has 0 aromatic heterocycles. The lowest BCUT2D eigenvalue weighted by atomic mass is 10.1. The van der Waals surface area contributed by atoms with Gasteiger partial charge < -0.3 is 10.6 Å². The summed E-state index contributed by atoms with van der Waals surface area (Å²) in [4.78, 5) is 14.2. The van der Waals surface area contributed by atoms with Crippen molar-refractivity contribution in [3.8, 4) is 0 Å². The average Bonchev–Trinajstić information content (AvgIpc) is 2.52. The zero-order valence-corrected chi connectivity index (χ0v) is 12.5. The van der Waals surface area contributed by atoms with E-state index in [1.165, 1.54) is 0 Å². The molecule has 0 fully saturated rings. The van der Waals surface area contributed by atoms with Crippen LogP contribution in [-0.2, 0) is 17.8 Å². The van der Waals surface area contributed by atoms with Crippen LogP contribution in [-0.4, -0.2) is 17.4 Å². The fraction of sp³-hybridized carbons (Fsp3) is 0.278. The molecule has 0 radical (unpaired) electrons. The second-order valence-corrected chi connectivity index (χ2v) is 5.09. The normalized spacial score (nSPS) is 10.3. The molecular weight excluding hydrogens is 260 g/mol. The van der Waals surface area contributed by atoms with Gasteiger partial charge in [-0.15, -0.1) is 0 Å². The van der Waals surface area contributed by atoms with E-state index in [-0.39, 0.29) is 5.91 Å². The van der Waals surface area contributed by atoms with Crippen molar-refractivity contribution in [2.24, 2.45) is 0 Å². The molecule has 0 aliphatic carbocycles. The van der Waals surface area contributed by atoms with Crippen LogP contribution in [0.25, 0.3) is 0 Å². The van der Waals surface area contributed by atoms with Crippen molar-refractivity contribution < 1.29 is 4.79 Å². The molecule has 0 unspecified atom stereocenters. The number of benzene rings is 2. The third-order valence-corrected chi connectivity index (χ3v) is 3.61. The van der Waals surface area contributed by atoms with Crippen LogP contribution in [0.15, 0.2) is 54.6 Å². The number of hydrogen-bond donors (Lipinski definition) is 1. The predicted octanol–water partition coefficient (Wildman–Crippen LogP) is 3.25. The van der Waals surface area contributed by atoms with E-state index in [4.69, 9.17) is 5.73 Å². The Morgan fingerprint density at radius 3 is 2.38 bits per heavy atom. The smallest absolute Gasteiger partial charge is 0.223 e. The highest BCUT2D eigenvalue weighted by molar-refractivity contribution is 5.76. The first kappa shape index (κ1) is 15.1. The van der Waals surface area contributed by atoms with Gasteiger partial charge in [0.2, 0.25) is 5.91 Å². The highest BCUT2D eigenvalue weighted by Gasteiger charge is 2.12. The Bertz CT molecular complexity index is 581. The van der Waals surface area contributed by atoms with Crippen LogP contribution >= 0.6 is 0 Å². The minimum Gasteiger partial charge on any atom is -0.399 e. The highest BCUT2D eigenvalue weighted by Crippen LogP contribution is 2.14. The molecule has 0 saturated heterocycles. The molecule has 21 heavy (non-hydrogen) atoms. The van der Waals surface area contributed by atoms with Crippen LogP contribution < -0.4 is 5.73 Å². The summed E-state index contributed by atoms with van der Waals surface area (Å²) >= 11 is 0. The fourth-order valence-corrected chi connectivity index (χ4v) is 2.34. The van der Waals surface area contributed by atoms with E-state index < -0.39 is 0 Å². The van der Waals surface area contributed by atoms with Gasteiger partial charge in [0.1, 0.15) is 0 Å². The lowest BCUT2D eigenvalue weighted by Crippen LogP contribution is -2.30. The van der Waals surface area contributed by atoms with Crippen LogP contribution in [0.3, 0.4) is 0 Å². The number of amides is 1. The Balaban J connectivity index is 1.93. The Labute approximate surface area is 126 Å². The van der Waals surface area contributed by atoms with E-state index >= 15 is 0 Å².